The Morgan fingerprint density at radius 3 is 2.59 bits per heavy atom. The minimum absolute atomic E-state index is 0.281. The predicted octanol–water partition coefficient (Wildman–Crippen LogP) is 3.38. The second kappa shape index (κ2) is 6.65. The van der Waals surface area contributed by atoms with Crippen molar-refractivity contribution >= 4 is 0 Å². The van der Waals surface area contributed by atoms with Gasteiger partial charge in [-0.2, -0.15) is 0 Å². The van der Waals surface area contributed by atoms with Gasteiger partial charge in [-0.25, -0.2) is 0 Å². The lowest BCUT2D eigenvalue weighted by atomic mass is 10.1. The Morgan fingerprint density at radius 2 is 1.94 bits per heavy atom. The maximum absolute atomic E-state index is 6.03. The molecule has 0 saturated carbocycles. The van der Waals surface area contributed by atoms with Crippen molar-refractivity contribution in [2.45, 2.75) is 46.6 Å². The lowest BCUT2D eigenvalue weighted by molar-refractivity contribution is 0.206. The summed E-state index contributed by atoms with van der Waals surface area (Å²) in [6.07, 6.45) is 2.53. The molecule has 0 amide bonds. The zero-order valence-corrected chi connectivity index (χ0v) is 11.8. The Kier molecular flexibility index (Phi) is 5.49. The first-order chi connectivity index (χ1) is 8.04. The largest absolute Gasteiger partial charge is 0.490 e. The molecule has 2 heteroatoms. The van der Waals surface area contributed by atoms with E-state index in [1.807, 2.05) is 7.05 Å². The number of benzene rings is 1. The van der Waals surface area contributed by atoms with Crippen LogP contribution >= 0.6 is 0 Å². The fraction of sp³-hybridized carbons (Fsp3) is 0.600. The molecule has 17 heavy (non-hydrogen) atoms. The second-order valence-electron chi connectivity index (χ2n) is 4.88. The summed E-state index contributed by atoms with van der Waals surface area (Å²) in [7, 11) is 1.99. The normalized spacial score (nSPS) is 12.5. The lowest BCUT2D eigenvalue weighted by Crippen LogP contribution is -2.16. The summed E-state index contributed by atoms with van der Waals surface area (Å²) < 4.78 is 6.03. The molecule has 0 aliphatic carbocycles. The molecule has 0 radical (unpaired) electrons. The number of nitrogens with one attached hydrogen (secondary N) is 1. The minimum atomic E-state index is 0.281. The third-order valence-electron chi connectivity index (χ3n) is 3.13. The van der Waals surface area contributed by atoms with E-state index in [1.165, 1.54) is 16.7 Å². The van der Waals surface area contributed by atoms with Gasteiger partial charge in [-0.05, 0) is 76.9 Å². The van der Waals surface area contributed by atoms with Crippen molar-refractivity contribution in [3.63, 3.8) is 0 Å². The van der Waals surface area contributed by atoms with Crippen LogP contribution in [0.4, 0.5) is 0 Å². The number of ether oxygens (including phenoxy) is 1. The molecule has 0 heterocycles. The molecule has 0 aromatic heterocycles. The number of hydrogen-bond donors (Lipinski definition) is 1. The van der Waals surface area contributed by atoms with Gasteiger partial charge in [-0.15, -0.1) is 0 Å². The van der Waals surface area contributed by atoms with Gasteiger partial charge in [0.05, 0.1) is 6.10 Å². The van der Waals surface area contributed by atoms with Gasteiger partial charge in [0, 0.05) is 0 Å². The lowest BCUT2D eigenvalue weighted by Gasteiger charge is -2.18. The van der Waals surface area contributed by atoms with Gasteiger partial charge in [-0.3, -0.25) is 0 Å². The van der Waals surface area contributed by atoms with Gasteiger partial charge in [0.25, 0.3) is 0 Å². The smallest absolute Gasteiger partial charge is 0.123 e. The second-order valence-corrected chi connectivity index (χ2v) is 4.88. The van der Waals surface area contributed by atoms with E-state index in [-0.39, 0.29) is 6.10 Å². The Bertz CT molecular complexity index is 360. The highest BCUT2D eigenvalue weighted by Gasteiger charge is 2.08. The molecule has 0 aliphatic heterocycles. The van der Waals surface area contributed by atoms with Gasteiger partial charge >= 0.3 is 0 Å². The summed E-state index contributed by atoms with van der Waals surface area (Å²) in [6.45, 7) is 9.59. The van der Waals surface area contributed by atoms with Gasteiger partial charge in [0.1, 0.15) is 5.75 Å². The van der Waals surface area contributed by atoms with E-state index in [9.17, 15) is 0 Å². The fourth-order valence-electron chi connectivity index (χ4n) is 1.97. The molecule has 2 nitrogen and oxygen atoms in total. The first kappa shape index (κ1) is 14.0. The van der Waals surface area contributed by atoms with Crippen LogP contribution in [0.1, 0.15) is 36.5 Å². The zero-order valence-electron chi connectivity index (χ0n) is 11.8. The van der Waals surface area contributed by atoms with Crippen LogP contribution in [0.3, 0.4) is 0 Å². The number of rotatable bonds is 6. The summed E-state index contributed by atoms with van der Waals surface area (Å²) in [5.41, 5.74) is 3.84. The van der Waals surface area contributed by atoms with Gasteiger partial charge < -0.3 is 10.1 Å². The summed E-state index contributed by atoms with van der Waals surface area (Å²) in [6, 6.07) is 4.34. The molecular formula is C15H25NO. The summed E-state index contributed by atoms with van der Waals surface area (Å²) in [4.78, 5) is 0. The van der Waals surface area contributed by atoms with E-state index in [2.05, 4.69) is 45.1 Å². The van der Waals surface area contributed by atoms with Gasteiger partial charge in [0.15, 0.2) is 0 Å². The third kappa shape index (κ3) is 4.39. The average Bonchev–Trinajstić information content (AvgIpc) is 2.25. The molecule has 0 bridgehead atoms. The molecule has 1 N–H and O–H groups in total. The maximum atomic E-state index is 6.03. The maximum Gasteiger partial charge on any atom is 0.123 e. The Balaban J connectivity index is 2.61. The number of hydrogen-bond acceptors (Lipinski definition) is 2. The monoisotopic (exact) mass is 235 g/mol. The average molecular weight is 235 g/mol. The molecule has 0 saturated heterocycles. The van der Waals surface area contributed by atoms with Crippen molar-refractivity contribution in [1.82, 2.24) is 5.32 Å². The zero-order chi connectivity index (χ0) is 12.8. The molecule has 1 rings (SSSR count). The highest BCUT2D eigenvalue weighted by atomic mass is 16.5. The molecule has 1 aromatic carbocycles. The quantitative estimate of drug-likeness (QED) is 0.763. The van der Waals surface area contributed by atoms with Gasteiger partial charge in [0.2, 0.25) is 0 Å². The summed E-state index contributed by atoms with van der Waals surface area (Å²) in [5, 5.41) is 3.16. The van der Waals surface area contributed by atoms with E-state index >= 15 is 0 Å². The molecule has 0 spiro atoms. The van der Waals surface area contributed by atoms with E-state index in [1.54, 1.807) is 0 Å². The molecule has 0 aliphatic rings. The SMILES string of the molecule is CNCCCC(C)Oc1cc(C)cc(C)c1C. The first-order valence-electron chi connectivity index (χ1n) is 6.43. The van der Waals surface area contributed by atoms with Crippen LogP contribution in [0.2, 0.25) is 0 Å². The Labute approximate surface area is 105 Å². The fourth-order valence-corrected chi connectivity index (χ4v) is 1.97. The third-order valence-corrected chi connectivity index (χ3v) is 3.13. The Morgan fingerprint density at radius 1 is 1.24 bits per heavy atom. The molecule has 1 aromatic rings. The van der Waals surface area contributed by atoms with E-state index in [0.29, 0.717) is 0 Å². The highest BCUT2D eigenvalue weighted by Crippen LogP contribution is 2.24. The van der Waals surface area contributed by atoms with Crippen LogP contribution in [0.5, 0.6) is 5.75 Å². The molecule has 1 unspecified atom stereocenters. The van der Waals surface area contributed by atoms with Crippen molar-refractivity contribution < 1.29 is 4.74 Å². The van der Waals surface area contributed by atoms with E-state index in [4.69, 9.17) is 4.74 Å². The van der Waals surface area contributed by atoms with E-state index < -0.39 is 0 Å². The van der Waals surface area contributed by atoms with Crippen LogP contribution in [-0.2, 0) is 0 Å². The van der Waals surface area contributed by atoms with Crippen LogP contribution < -0.4 is 10.1 Å². The van der Waals surface area contributed by atoms with Crippen molar-refractivity contribution in [3.8, 4) is 5.75 Å². The molecule has 1 atom stereocenters. The van der Waals surface area contributed by atoms with Crippen molar-refractivity contribution in [3.05, 3.63) is 28.8 Å². The standard InChI is InChI=1S/C15H25NO/c1-11-9-12(2)14(4)15(10-11)17-13(3)7-6-8-16-5/h9-10,13,16H,6-8H2,1-5H3. The van der Waals surface area contributed by atoms with Crippen LogP contribution in [0, 0.1) is 20.8 Å². The van der Waals surface area contributed by atoms with Crippen LogP contribution in [0.15, 0.2) is 12.1 Å². The molecular weight excluding hydrogens is 210 g/mol. The molecule has 96 valence electrons. The van der Waals surface area contributed by atoms with Crippen LogP contribution in [0.25, 0.3) is 0 Å². The van der Waals surface area contributed by atoms with E-state index in [0.717, 1.165) is 25.1 Å². The van der Waals surface area contributed by atoms with Crippen LogP contribution in [-0.4, -0.2) is 19.7 Å². The Hall–Kier alpha value is -1.02. The predicted molar refractivity (Wildman–Crippen MR) is 73.9 cm³/mol. The summed E-state index contributed by atoms with van der Waals surface area (Å²) >= 11 is 0. The summed E-state index contributed by atoms with van der Waals surface area (Å²) in [5.74, 6) is 1.04. The molecule has 0 fully saturated rings. The van der Waals surface area contributed by atoms with Crippen molar-refractivity contribution in [1.29, 1.82) is 0 Å². The first-order valence-corrected chi connectivity index (χ1v) is 6.43. The minimum Gasteiger partial charge on any atom is -0.490 e. The van der Waals surface area contributed by atoms with Crippen molar-refractivity contribution in [2.24, 2.45) is 0 Å². The van der Waals surface area contributed by atoms with Crippen molar-refractivity contribution in [2.75, 3.05) is 13.6 Å². The number of aryl methyl sites for hydroxylation is 2. The highest BCUT2D eigenvalue weighted by molar-refractivity contribution is 5.42. The topological polar surface area (TPSA) is 21.3 Å². The van der Waals surface area contributed by atoms with Gasteiger partial charge in [-0.1, -0.05) is 6.07 Å².